The van der Waals surface area contributed by atoms with Crippen LogP contribution in [-0.2, 0) is 17.7 Å². The predicted molar refractivity (Wildman–Crippen MR) is 84.6 cm³/mol. The molecule has 0 spiro atoms. The Balaban J connectivity index is 1.46. The van der Waals surface area contributed by atoms with Gasteiger partial charge in [-0.3, -0.25) is 4.79 Å². The zero-order chi connectivity index (χ0) is 15.6. The van der Waals surface area contributed by atoms with E-state index in [2.05, 4.69) is 22.5 Å². The lowest BCUT2D eigenvalue weighted by molar-refractivity contribution is 0.180. The highest BCUT2D eigenvalue weighted by molar-refractivity contribution is 5.39. The van der Waals surface area contributed by atoms with Crippen molar-refractivity contribution in [2.75, 3.05) is 19.8 Å². The molecule has 2 aliphatic heterocycles. The molecule has 2 atom stereocenters. The number of aromatic nitrogens is 2. The first kappa shape index (κ1) is 14.4. The van der Waals surface area contributed by atoms with Crippen molar-refractivity contribution in [3.05, 3.63) is 58.0 Å². The second-order valence-electron chi connectivity index (χ2n) is 5.94. The van der Waals surface area contributed by atoms with Crippen molar-refractivity contribution < 1.29 is 9.47 Å². The van der Waals surface area contributed by atoms with Gasteiger partial charge in [0.2, 0.25) is 0 Å². The van der Waals surface area contributed by atoms with Crippen molar-refractivity contribution in [2.45, 2.75) is 25.0 Å². The Kier molecular flexibility index (Phi) is 3.85. The fraction of sp³-hybridized carbons (Fsp3) is 0.412. The average Bonchev–Trinajstić information content (AvgIpc) is 3.22. The van der Waals surface area contributed by atoms with E-state index in [1.165, 1.54) is 21.9 Å². The highest BCUT2D eigenvalue weighted by Crippen LogP contribution is 2.26. The summed E-state index contributed by atoms with van der Waals surface area (Å²) in [5, 5.41) is 7.68. The molecule has 1 N–H and O–H groups in total. The summed E-state index contributed by atoms with van der Waals surface area (Å²) in [6.45, 7) is 2.60. The Bertz CT molecular complexity index is 759. The van der Waals surface area contributed by atoms with Crippen molar-refractivity contribution in [3.63, 3.8) is 0 Å². The zero-order valence-corrected chi connectivity index (χ0v) is 12.8. The molecule has 6 heteroatoms. The van der Waals surface area contributed by atoms with E-state index in [0.717, 1.165) is 25.3 Å². The van der Waals surface area contributed by atoms with E-state index in [-0.39, 0.29) is 17.6 Å². The van der Waals surface area contributed by atoms with Gasteiger partial charge < -0.3 is 14.8 Å². The smallest absolute Gasteiger partial charge is 0.267 e. The molecular weight excluding hydrogens is 294 g/mol. The minimum absolute atomic E-state index is 0.0681. The van der Waals surface area contributed by atoms with Gasteiger partial charge >= 0.3 is 0 Å². The number of fused-ring (bicyclic) bond motifs is 1. The largest absolute Gasteiger partial charge is 0.493 e. The van der Waals surface area contributed by atoms with Crippen LogP contribution in [0.5, 0.6) is 5.75 Å². The third-order valence-electron chi connectivity index (χ3n) is 4.43. The molecule has 6 nitrogen and oxygen atoms in total. The maximum absolute atomic E-state index is 12.0. The molecule has 120 valence electrons. The fourth-order valence-electron chi connectivity index (χ4n) is 3.20. The Morgan fingerprint density at radius 3 is 3.17 bits per heavy atom. The lowest BCUT2D eigenvalue weighted by Gasteiger charge is -2.20. The summed E-state index contributed by atoms with van der Waals surface area (Å²) < 4.78 is 12.6. The summed E-state index contributed by atoms with van der Waals surface area (Å²) in [5.41, 5.74) is 2.39. The summed E-state index contributed by atoms with van der Waals surface area (Å²) in [7, 11) is 0. The second kappa shape index (κ2) is 6.14. The van der Waals surface area contributed by atoms with Crippen LogP contribution < -0.4 is 15.6 Å². The summed E-state index contributed by atoms with van der Waals surface area (Å²) >= 11 is 0. The molecule has 1 fully saturated rings. The summed E-state index contributed by atoms with van der Waals surface area (Å²) in [5.74, 6) is 0.996. The molecular formula is C17H19N3O3. The maximum atomic E-state index is 12.0. The molecule has 0 aliphatic carbocycles. The van der Waals surface area contributed by atoms with Crippen LogP contribution in [0.15, 0.2) is 41.3 Å². The first-order chi connectivity index (χ1) is 11.3. The van der Waals surface area contributed by atoms with E-state index in [1.807, 2.05) is 6.07 Å². The number of nitrogens with zero attached hydrogens (tertiary/aromatic N) is 2. The number of ether oxygens (including phenoxy) is 2. The Morgan fingerprint density at radius 1 is 1.30 bits per heavy atom. The number of nitrogens with one attached hydrogen (secondary N) is 1. The topological polar surface area (TPSA) is 65.4 Å². The lowest BCUT2D eigenvalue weighted by Crippen LogP contribution is -2.40. The van der Waals surface area contributed by atoms with Crippen molar-refractivity contribution in [1.29, 1.82) is 0 Å². The lowest BCUT2D eigenvalue weighted by atomic mass is 10.1. The van der Waals surface area contributed by atoms with Gasteiger partial charge in [0.1, 0.15) is 5.75 Å². The maximum Gasteiger partial charge on any atom is 0.267 e. The van der Waals surface area contributed by atoms with Gasteiger partial charge in [0.25, 0.3) is 5.56 Å². The van der Waals surface area contributed by atoms with Crippen LogP contribution in [0, 0.1) is 0 Å². The minimum atomic E-state index is -0.0931. The normalized spacial score (nSPS) is 22.8. The van der Waals surface area contributed by atoms with Gasteiger partial charge in [-0.15, -0.1) is 0 Å². The second-order valence-corrected chi connectivity index (χ2v) is 5.94. The van der Waals surface area contributed by atoms with E-state index in [1.54, 1.807) is 12.3 Å². The van der Waals surface area contributed by atoms with Crippen molar-refractivity contribution in [2.24, 2.45) is 0 Å². The number of rotatable bonds is 4. The van der Waals surface area contributed by atoms with E-state index >= 15 is 0 Å². The third-order valence-corrected chi connectivity index (χ3v) is 4.43. The van der Waals surface area contributed by atoms with Crippen LogP contribution in [-0.4, -0.2) is 35.6 Å². The van der Waals surface area contributed by atoms with Crippen molar-refractivity contribution >= 4 is 0 Å². The average molecular weight is 313 g/mol. The SMILES string of the molecule is O=c1cccnn1C1COCC1NCc1ccc2c(c1)CCO2. The Labute approximate surface area is 134 Å². The predicted octanol–water partition coefficient (Wildman–Crippen LogP) is 0.908. The zero-order valence-electron chi connectivity index (χ0n) is 12.8. The monoisotopic (exact) mass is 313 g/mol. The van der Waals surface area contributed by atoms with Gasteiger partial charge in [-0.1, -0.05) is 12.1 Å². The van der Waals surface area contributed by atoms with Gasteiger partial charge in [-0.05, 0) is 23.3 Å². The molecule has 2 aliphatic rings. The standard InChI is InChI=1S/C17H19N3O3/c21-17-2-1-6-19-20(17)15-11-22-10-14(15)18-9-12-3-4-16-13(8-12)5-7-23-16/h1-4,6,8,14-15,18H,5,7,9-11H2. The van der Waals surface area contributed by atoms with Crippen LogP contribution in [0.4, 0.5) is 0 Å². The molecule has 2 aromatic rings. The van der Waals surface area contributed by atoms with Gasteiger partial charge in [-0.25, -0.2) is 4.68 Å². The van der Waals surface area contributed by atoms with Crippen LogP contribution in [0.2, 0.25) is 0 Å². The molecule has 4 rings (SSSR count). The number of hydrogen-bond donors (Lipinski definition) is 1. The Hall–Kier alpha value is -2.18. The fourth-order valence-corrected chi connectivity index (χ4v) is 3.20. The van der Waals surface area contributed by atoms with Crippen molar-refractivity contribution in [3.8, 4) is 5.75 Å². The molecule has 0 amide bonds. The van der Waals surface area contributed by atoms with Gasteiger partial charge in [0.15, 0.2) is 0 Å². The van der Waals surface area contributed by atoms with E-state index in [0.29, 0.717) is 13.2 Å². The first-order valence-corrected chi connectivity index (χ1v) is 7.91. The van der Waals surface area contributed by atoms with Crippen molar-refractivity contribution in [1.82, 2.24) is 15.1 Å². The molecule has 0 saturated carbocycles. The molecule has 0 radical (unpaired) electrons. The molecule has 23 heavy (non-hydrogen) atoms. The van der Waals surface area contributed by atoms with E-state index in [4.69, 9.17) is 9.47 Å². The summed E-state index contributed by atoms with van der Waals surface area (Å²) in [6.07, 6.45) is 2.61. The third kappa shape index (κ3) is 2.87. The van der Waals surface area contributed by atoms with Gasteiger partial charge in [0.05, 0.1) is 31.9 Å². The quantitative estimate of drug-likeness (QED) is 0.909. The number of hydrogen-bond acceptors (Lipinski definition) is 5. The minimum Gasteiger partial charge on any atom is -0.493 e. The van der Waals surface area contributed by atoms with Crippen LogP contribution in [0.25, 0.3) is 0 Å². The van der Waals surface area contributed by atoms with Gasteiger partial charge in [-0.2, -0.15) is 5.10 Å². The molecule has 1 aromatic carbocycles. The first-order valence-electron chi connectivity index (χ1n) is 7.91. The molecule has 2 unspecified atom stereocenters. The van der Waals surface area contributed by atoms with E-state index in [9.17, 15) is 4.79 Å². The van der Waals surface area contributed by atoms with Crippen LogP contribution >= 0.6 is 0 Å². The highest BCUT2D eigenvalue weighted by atomic mass is 16.5. The van der Waals surface area contributed by atoms with E-state index < -0.39 is 0 Å². The highest BCUT2D eigenvalue weighted by Gasteiger charge is 2.30. The molecule has 1 saturated heterocycles. The molecule has 1 aromatic heterocycles. The molecule has 0 bridgehead atoms. The Morgan fingerprint density at radius 2 is 2.26 bits per heavy atom. The number of benzene rings is 1. The van der Waals surface area contributed by atoms with Crippen LogP contribution in [0.1, 0.15) is 17.2 Å². The summed E-state index contributed by atoms with van der Waals surface area (Å²) in [6, 6.07) is 9.49. The van der Waals surface area contributed by atoms with Crippen LogP contribution in [0.3, 0.4) is 0 Å². The molecule has 3 heterocycles. The summed E-state index contributed by atoms with van der Waals surface area (Å²) in [4.78, 5) is 12.0. The van der Waals surface area contributed by atoms with Gasteiger partial charge in [0, 0.05) is 25.2 Å².